The van der Waals surface area contributed by atoms with E-state index in [-0.39, 0.29) is 30.0 Å². The maximum atomic E-state index is 12.7. The van der Waals surface area contributed by atoms with Gasteiger partial charge in [0.1, 0.15) is 0 Å². The van der Waals surface area contributed by atoms with Gasteiger partial charge in [0, 0.05) is 24.6 Å². The molecule has 0 unspecified atom stereocenters. The molecule has 2 heterocycles. The van der Waals surface area contributed by atoms with Gasteiger partial charge in [-0.15, -0.1) is 0 Å². The van der Waals surface area contributed by atoms with E-state index in [1.54, 1.807) is 6.07 Å². The first-order chi connectivity index (χ1) is 12.0. The van der Waals surface area contributed by atoms with E-state index >= 15 is 0 Å². The molecule has 2 aliphatic heterocycles. The number of Topliss-reactive ketones (excluding diaryl/α,β-unsaturated/α-hetero) is 1. The van der Waals surface area contributed by atoms with Gasteiger partial charge in [0.05, 0.1) is 11.0 Å². The van der Waals surface area contributed by atoms with E-state index in [9.17, 15) is 15.0 Å². The van der Waals surface area contributed by atoms with Gasteiger partial charge in [-0.3, -0.25) is 9.69 Å². The highest BCUT2D eigenvalue weighted by Gasteiger charge is 2.73. The summed E-state index contributed by atoms with van der Waals surface area (Å²) in [5, 5.41) is 22.3. The highest BCUT2D eigenvalue weighted by Crippen LogP contribution is 2.64. The minimum absolute atomic E-state index is 0. The molecule has 5 aliphatic rings. The quantitative estimate of drug-likeness (QED) is 0.659. The number of aromatic hydroxyl groups is 1. The van der Waals surface area contributed by atoms with E-state index < -0.39 is 17.1 Å². The maximum Gasteiger partial charge on any atom is 0.174 e. The van der Waals surface area contributed by atoms with Gasteiger partial charge in [-0.25, -0.2) is 0 Å². The van der Waals surface area contributed by atoms with Crippen molar-refractivity contribution in [3.63, 3.8) is 0 Å². The van der Waals surface area contributed by atoms with Crippen molar-refractivity contribution < 1.29 is 32.2 Å². The Labute approximate surface area is 158 Å². The number of carbonyl (C=O) groups is 1. The van der Waals surface area contributed by atoms with Crippen LogP contribution in [-0.2, 0) is 16.6 Å². The minimum Gasteiger partial charge on any atom is -1.00 e. The first-order valence-electron chi connectivity index (χ1n) is 9.56. The predicted octanol–water partition coefficient (Wildman–Crippen LogP) is -1.47. The monoisotopic (exact) mass is 376 g/mol. The van der Waals surface area contributed by atoms with Gasteiger partial charge >= 0.3 is 0 Å². The van der Waals surface area contributed by atoms with Gasteiger partial charge in [-0.05, 0) is 56.2 Å². The standard InChI is InChI=1S/C20H23NO4.ClH/c22-13-4-3-12-9-15-20(24)6-5-14(23)18-19(20,16(12)17(13)25-18)7-8-21(15)10-11-1-2-11;/h3-4,11,15,18,22,24H,1-2,5-10H2;1H/p-1/t15-,18+,19+,20-;/m1./s1. The number of aliphatic hydroxyl groups is 1. The van der Waals surface area contributed by atoms with E-state index in [1.807, 2.05) is 6.07 Å². The number of ether oxygens (including phenoxy) is 1. The first-order valence-corrected chi connectivity index (χ1v) is 9.56. The molecular weight excluding hydrogens is 354 g/mol. The summed E-state index contributed by atoms with van der Waals surface area (Å²) in [6.07, 6.45) is 4.33. The van der Waals surface area contributed by atoms with Crippen LogP contribution in [0.25, 0.3) is 0 Å². The van der Waals surface area contributed by atoms with Crippen molar-refractivity contribution in [2.45, 2.75) is 61.7 Å². The number of phenolic OH excluding ortho intramolecular Hbond substituents is 1. The normalized spacial score (nSPS) is 39.8. The summed E-state index contributed by atoms with van der Waals surface area (Å²) >= 11 is 0. The number of hydrogen-bond acceptors (Lipinski definition) is 5. The van der Waals surface area contributed by atoms with Crippen molar-refractivity contribution in [3.05, 3.63) is 23.3 Å². The Morgan fingerprint density at radius 3 is 2.85 bits per heavy atom. The Morgan fingerprint density at radius 2 is 2.08 bits per heavy atom. The number of piperidine rings is 1. The fraction of sp³-hybridized carbons (Fsp3) is 0.650. The molecule has 0 radical (unpaired) electrons. The second-order valence-electron chi connectivity index (χ2n) is 8.72. The van der Waals surface area contributed by atoms with Crippen LogP contribution in [0.5, 0.6) is 11.5 Å². The fourth-order valence-corrected chi connectivity index (χ4v) is 6.26. The van der Waals surface area contributed by atoms with E-state index in [1.165, 1.54) is 12.8 Å². The zero-order chi connectivity index (χ0) is 17.0. The van der Waals surface area contributed by atoms with E-state index in [0.717, 1.165) is 43.0 Å². The van der Waals surface area contributed by atoms with Gasteiger partial charge in [0.2, 0.25) is 0 Å². The number of halogens is 1. The Kier molecular flexibility index (Phi) is 3.34. The molecule has 0 amide bonds. The molecule has 1 aromatic rings. The third-order valence-corrected chi connectivity index (χ3v) is 7.56. The van der Waals surface area contributed by atoms with Crippen LogP contribution in [-0.4, -0.2) is 51.7 Å². The number of hydrogen-bond donors (Lipinski definition) is 2. The number of nitrogens with zero attached hydrogens (tertiary/aromatic N) is 1. The van der Waals surface area contributed by atoms with Crippen molar-refractivity contribution in [1.29, 1.82) is 0 Å². The highest BCUT2D eigenvalue weighted by atomic mass is 35.5. The summed E-state index contributed by atoms with van der Waals surface area (Å²) in [6.45, 7) is 1.95. The lowest BCUT2D eigenvalue weighted by atomic mass is 9.49. The Balaban J connectivity index is 0.00000150. The van der Waals surface area contributed by atoms with E-state index in [4.69, 9.17) is 4.74 Å². The zero-order valence-electron chi connectivity index (χ0n) is 14.6. The lowest BCUT2D eigenvalue weighted by molar-refractivity contribution is -0.188. The van der Waals surface area contributed by atoms with Gasteiger partial charge in [-0.1, -0.05) is 6.07 Å². The van der Waals surface area contributed by atoms with Crippen LogP contribution in [0.1, 0.15) is 43.2 Å². The summed E-state index contributed by atoms with van der Waals surface area (Å²) in [5.74, 6) is 1.39. The summed E-state index contributed by atoms with van der Waals surface area (Å²) < 4.78 is 6.04. The van der Waals surface area contributed by atoms with Crippen LogP contribution in [0.4, 0.5) is 0 Å². The number of carbonyl (C=O) groups excluding carboxylic acids is 1. The maximum absolute atomic E-state index is 12.7. The average Bonchev–Trinajstić information content (AvgIpc) is 3.32. The highest BCUT2D eigenvalue weighted by molar-refractivity contribution is 5.90. The van der Waals surface area contributed by atoms with E-state index in [2.05, 4.69) is 4.90 Å². The van der Waals surface area contributed by atoms with Crippen LogP contribution < -0.4 is 17.1 Å². The lowest BCUT2D eigenvalue weighted by Crippen LogP contribution is -3.00. The molecule has 2 bridgehead atoms. The van der Waals surface area contributed by atoms with Gasteiger partial charge < -0.3 is 27.4 Å². The molecule has 2 saturated carbocycles. The van der Waals surface area contributed by atoms with Crippen LogP contribution in [0.3, 0.4) is 0 Å². The van der Waals surface area contributed by atoms with Crippen LogP contribution in [0, 0.1) is 5.92 Å². The molecule has 3 fully saturated rings. The van der Waals surface area contributed by atoms with Crippen LogP contribution in [0.15, 0.2) is 12.1 Å². The van der Waals surface area contributed by atoms with Gasteiger partial charge in [-0.2, -0.15) is 0 Å². The number of phenols is 1. The molecule has 1 aromatic carbocycles. The zero-order valence-corrected chi connectivity index (χ0v) is 15.3. The van der Waals surface area contributed by atoms with Gasteiger partial charge in [0.25, 0.3) is 0 Å². The lowest BCUT2D eigenvalue weighted by Gasteiger charge is -2.62. The summed E-state index contributed by atoms with van der Waals surface area (Å²) in [7, 11) is 0. The second kappa shape index (κ2) is 5.15. The number of benzene rings is 1. The Hall–Kier alpha value is -1.30. The van der Waals surface area contributed by atoms with Gasteiger partial charge in [0.15, 0.2) is 23.4 Å². The third-order valence-electron chi connectivity index (χ3n) is 7.56. The summed E-state index contributed by atoms with van der Waals surface area (Å²) in [4.78, 5) is 15.2. The molecule has 140 valence electrons. The molecule has 6 rings (SSSR count). The Bertz CT molecular complexity index is 809. The molecule has 26 heavy (non-hydrogen) atoms. The smallest absolute Gasteiger partial charge is 0.174 e. The van der Waals surface area contributed by atoms with Crippen molar-refractivity contribution in [2.75, 3.05) is 13.1 Å². The molecule has 5 nitrogen and oxygen atoms in total. The minimum atomic E-state index is -0.940. The number of likely N-dealkylation sites (tertiary alicyclic amines) is 1. The molecule has 4 atom stereocenters. The third kappa shape index (κ3) is 1.77. The average molecular weight is 377 g/mol. The van der Waals surface area contributed by atoms with Crippen molar-refractivity contribution in [2.24, 2.45) is 5.92 Å². The topological polar surface area (TPSA) is 70.0 Å². The largest absolute Gasteiger partial charge is 1.00 e. The molecule has 6 heteroatoms. The summed E-state index contributed by atoms with van der Waals surface area (Å²) in [5.41, 5.74) is 0.454. The molecular formula is C20H23ClNO4-. The predicted molar refractivity (Wildman–Crippen MR) is 89.8 cm³/mol. The molecule has 0 aromatic heterocycles. The molecule has 1 spiro atoms. The second-order valence-corrected chi connectivity index (χ2v) is 8.72. The van der Waals surface area contributed by atoms with Crippen molar-refractivity contribution in [1.82, 2.24) is 4.90 Å². The summed E-state index contributed by atoms with van der Waals surface area (Å²) in [6, 6.07) is 3.69. The molecule has 1 saturated heterocycles. The van der Waals surface area contributed by atoms with E-state index in [0.29, 0.717) is 18.6 Å². The molecule has 3 aliphatic carbocycles. The van der Waals surface area contributed by atoms with Crippen molar-refractivity contribution in [3.8, 4) is 11.5 Å². The molecule has 2 N–H and O–H groups in total. The SMILES string of the molecule is O=C1CC[C@@]2(O)[C@H]3Cc4ccc(O)c5c4[C@@]2(CCN3CC2CC2)[C@H]1O5.[Cl-]. The van der Waals surface area contributed by atoms with Crippen LogP contribution >= 0.6 is 0 Å². The Morgan fingerprint density at radius 1 is 1.27 bits per heavy atom. The number of rotatable bonds is 2. The first kappa shape index (κ1) is 16.8. The fourth-order valence-electron chi connectivity index (χ4n) is 6.26. The van der Waals surface area contributed by atoms with Crippen molar-refractivity contribution >= 4 is 5.78 Å². The van der Waals surface area contributed by atoms with Crippen LogP contribution in [0.2, 0.25) is 0 Å². The number of ketones is 1.